The van der Waals surface area contributed by atoms with Crippen molar-refractivity contribution in [2.24, 2.45) is 7.05 Å². The Kier molecular flexibility index (Phi) is 3.28. The highest BCUT2D eigenvalue weighted by atomic mass is 19.4. The first-order valence-electron chi connectivity index (χ1n) is 5.25. The van der Waals surface area contributed by atoms with E-state index in [4.69, 9.17) is 0 Å². The third-order valence-electron chi connectivity index (χ3n) is 2.47. The molecule has 0 aromatic carbocycles. The van der Waals surface area contributed by atoms with Gasteiger partial charge in [0.25, 0.3) is 5.91 Å². The van der Waals surface area contributed by atoms with Crippen LogP contribution in [0.2, 0.25) is 0 Å². The molecule has 0 fully saturated rings. The molecule has 0 unspecified atom stereocenters. The van der Waals surface area contributed by atoms with E-state index in [1.807, 2.05) is 0 Å². The second-order valence-corrected chi connectivity index (χ2v) is 3.79. The summed E-state index contributed by atoms with van der Waals surface area (Å²) in [5, 5.41) is 11.5. The molecule has 0 radical (unpaired) electrons. The van der Waals surface area contributed by atoms with Crippen LogP contribution in [0.25, 0.3) is 0 Å². The van der Waals surface area contributed by atoms with Gasteiger partial charge < -0.3 is 5.32 Å². The molecule has 6 nitrogen and oxygen atoms in total. The summed E-state index contributed by atoms with van der Waals surface area (Å²) < 4.78 is 38.5. The molecule has 2 aromatic heterocycles. The molecule has 2 aromatic rings. The van der Waals surface area contributed by atoms with Gasteiger partial charge >= 0.3 is 6.18 Å². The van der Waals surface area contributed by atoms with E-state index in [2.05, 4.69) is 15.5 Å². The van der Waals surface area contributed by atoms with E-state index in [0.717, 1.165) is 5.69 Å². The van der Waals surface area contributed by atoms with Crippen molar-refractivity contribution in [1.29, 1.82) is 0 Å². The second kappa shape index (κ2) is 4.75. The van der Waals surface area contributed by atoms with Gasteiger partial charge in [-0.2, -0.15) is 23.4 Å². The zero-order valence-corrected chi connectivity index (χ0v) is 9.82. The van der Waals surface area contributed by atoms with Crippen LogP contribution in [0.15, 0.2) is 18.3 Å². The summed E-state index contributed by atoms with van der Waals surface area (Å²) in [5.74, 6) is -0.687. The lowest BCUT2D eigenvalue weighted by Crippen LogP contribution is -2.24. The van der Waals surface area contributed by atoms with Crippen LogP contribution in [0.5, 0.6) is 0 Å². The third-order valence-corrected chi connectivity index (χ3v) is 2.47. The minimum absolute atomic E-state index is 0.156. The summed E-state index contributed by atoms with van der Waals surface area (Å²) in [6.07, 6.45) is -2.99. The molecular formula is C10H10F3N5O. The molecule has 19 heavy (non-hydrogen) atoms. The Balaban J connectivity index is 2.01. The van der Waals surface area contributed by atoms with E-state index in [0.29, 0.717) is 6.07 Å². The van der Waals surface area contributed by atoms with Gasteiger partial charge in [0.2, 0.25) is 0 Å². The van der Waals surface area contributed by atoms with Crippen LogP contribution in [0.4, 0.5) is 13.2 Å². The number of hydrogen-bond donors (Lipinski definition) is 2. The summed E-state index contributed by atoms with van der Waals surface area (Å²) >= 11 is 0. The smallest absolute Gasteiger partial charge is 0.345 e. The van der Waals surface area contributed by atoms with Crippen molar-refractivity contribution in [3.05, 3.63) is 35.4 Å². The first-order valence-corrected chi connectivity index (χ1v) is 5.25. The molecule has 0 aliphatic rings. The number of halogens is 3. The number of hydrogen-bond acceptors (Lipinski definition) is 3. The molecule has 2 rings (SSSR count). The second-order valence-electron chi connectivity index (χ2n) is 3.79. The van der Waals surface area contributed by atoms with Crippen molar-refractivity contribution in [3.63, 3.8) is 0 Å². The molecule has 0 atom stereocenters. The lowest BCUT2D eigenvalue weighted by Gasteiger charge is -2.03. The van der Waals surface area contributed by atoms with Crippen LogP contribution in [-0.4, -0.2) is 25.9 Å². The van der Waals surface area contributed by atoms with Crippen molar-refractivity contribution in [2.45, 2.75) is 12.7 Å². The highest BCUT2D eigenvalue weighted by Gasteiger charge is 2.33. The third kappa shape index (κ3) is 2.92. The topological polar surface area (TPSA) is 75.6 Å². The van der Waals surface area contributed by atoms with Crippen molar-refractivity contribution in [1.82, 2.24) is 25.3 Å². The Morgan fingerprint density at radius 1 is 1.53 bits per heavy atom. The summed E-state index contributed by atoms with van der Waals surface area (Å²) in [5.41, 5.74) is -0.646. The van der Waals surface area contributed by atoms with Gasteiger partial charge in [0.1, 0.15) is 5.69 Å². The molecule has 0 aliphatic carbocycles. The molecule has 0 spiro atoms. The van der Waals surface area contributed by atoms with Crippen molar-refractivity contribution in [2.75, 3.05) is 0 Å². The number of aromatic nitrogens is 4. The fourth-order valence-electron chi connectivity index (χ4n) is 1.42. The largest absolute Gasteiger partial charge is 0.432 e. The van der Waals surface area contributed by atoms with Crippen LogP contribution in [0, 0.1) is 0 Å². The summed E-state index contributed by atoms with van der Waals surface area (Å²) in [4.78, 5) is 11.6. The number of aromatic amines is 1. The van der Waals surface area contributed by atoms with Crippen LogP contribution in [-0.2, 0) is 19.8 Å². The van der Waals surface area contributed by atoms with E-state index >= 15 is 0 Å². The molecule has 2 N–H and O–H groups in total. The van der Waals surface area contributed by atoms with Crippen molar-refractivity contribution < 1.29 is 18.0 Å². The number of rotatable bonds is 3. The summed E-state index contributed by atoms with van der Waals surface area (Å²) in [6, 6.07) is 2.35. The van der Waals surface area contributed by atoms with Crippen LogP contribution in [0.3, 0.4) is 0 Å². The van der Waals surface area contributed by atoms with Gasteiger partial charge in [0.15, 0.2) is 5.69 Å². The van der Waals surface area contributed by atoms with Crippen LogP contribution < -0.4 is 5.32 Å². The predicted octanol–water partition coefficient (Wildman–Crippen LogP) is 1.09. The SMILES string of the molecule is Cn1nccc1CNC(=O)c1cc(C(F)(F)F)[nH]n1. The number of H-pyrrole nitrogens is 1. The fraction of sp³-hybridized carbons (Fsp3) is 0.300. The summed E-state index contributed by atoms with van der Waals surface area (Å²) in [7, 11) is 1.69. The van der Waals surface area contributed by atoms with Gasteiger partial charge in [-0.1, -0.05) is 0 Å². The molecule has 2 heterocycles. The molecule has 0 saturated heterocycles. The average molecular weight is 273 g/mol. The van der Waals surface area contributed by atoms with E-state index in [9.17, 15) is 18.0 Å². The van der Waals surface area contributed by atoms with Gasteiger partial charge in [-0.25, -0.2) is 0 Å². The van der Waals surface area contributed by atoms with E-state index in [1.165, 1.54) is 0 Å². The Labute approximate surface area is 105 Å². The zero-order chi connectivity index (χ0) is 14.0. The van der Waals surface area contributed by atoms with E-state index < -0.39 is 17.8 Å². The number of aryl methyl sites for hydroxylation is 1. The average Bonchev–Trinajstić information content (AvgIpc) is 2.93. The molecule has 0 aliphatic heterocycles. The number of alkyl halides is 3. The normalized spacial score (nSPS) is 11.6. The number of carbonyl (C=O) groups is 1. The van der Waals surface area contributed by atoms with Gasteiger partial charge in [0.05, 0.1) is 12.2 Å². The number of nitrogens with one attached hydrogen (secondary N) is 2. The Morgan fingerprint density at radius 3 is 2.79 bits per heavy atom. The highest BCUT2D eigenvalue weighted by molar-refractivity contribution is 5.92. The van der Waals surface area contributed by atoms with Crippen molar-refractivity contribution in [3.8, 4) is 0 Å². The fourth-order valence-corrected chi connectivity index (χ4v) is 1.42. The van der Waals surface area contributed by atoms with E-state index in [-0.39, 0.29) is 12.2 Å². The minimum atomic E-state index is -4.55. The van der Waals surface area contributed by atoms with Crippen molar-refractivity contribution >= 4 is 5.91 Å². The van der Waals surface area contributed by atoms with Gasteiger partial charge in [-0.05, 0) is 6.07 Å². The zero-order valence-electron chi connectivity index (χ0n) is 9.82. The lowest BCUT2D eigenvalue weighted by atomic mass is 10.3. The standard InChI is InChI=1S/C10H10F3N5O/c1-18-6(2-3-15-18)5-14-9(19)7-4-8(17-16-7)10(11,12)13/h2-4H,5H2,1H3,(H,14,19)(H,16,17). The molecular weight excluding hydrogens is 263 g/mol. The maximum Gasteiger partial charge on any atom is 0.432 e. The Bertz CT molecular complexity index is 586. The summed E-state index contributed by atoms with van der Waals surface area (Å²) in [6.45, 7) is 0.156. The van der Waals surface area contributed by atoms with Gasteiger partial charge in [-0.15, -0.1) is 0 Å². The van der Waals surface area contributed by atoms with Crippen LogP contribution in [0.1, 0.15) is 21.9 Å². The Morgan fingerprint density at radius 2 is 2.26 bits per heavy atom. The first-order chi connectivity index (χ1) is 8.88. The number of amides is 1. The minimum Gasteiger partial charge on any atom is -0.345 e. The van der Waals surface area contributed by atoms with Gasteiger partial charge in [-0.3, -0.25) is 14.6 Å². The number of nitrogens with zero attached hydrogens (tertiary/aromatic N) is 3. The maximum atomic E-state index is 12.3. The highest BCUT2D eigenvalue weighted by Crippen LogP contribution is 2.27. The van der Waals surface area contributed by atoms with E-state index in [1.54, 1.807) is 29.1 Å². The Hall–Kier alpha value is -2.32. The van der Waals surface area contributed by atoms with Crippen LogP contribution >= 0.6 is 0 Å². The first kappa shape index (κ1) is 13.1. The molecule has 102 valence electrons. The maximum absolute atomic E-state index is 12.3. The molecule has 0 saturated carbocycles. The molecule has 9 heteroatoms. The number of carbonyl (C=O) groups excluding carboxylic acids is 1. The molecule has 1 amide bonds. The quantitative estimate of drug-likeness (QED) is 0.879. The monoisotopic (exact) mass is 273 g/mol. The van der Waals surface area contributed by atoms with Gasteiger partial charge in [0, 0.05) is 19.3 Å². The molecule has 0 bridgehead atoms. The predicted molar refractivity (Wildman–Crippen MR) is 58.0 cm³/mol. The lowest BCUT2D eigenvalue weighted by molar-refractivity contribution is -0.141.